The summed E-state index contributed by atoms with van der Waals surface area (Å²) in [4.78, 5) is 34.5. The van der Waals surface area contributed by atoms with Gasteiger partial charge in [0, 0.05) is 29.3 Å². The summed E-state index contributed by atoms with van der Waals surface area (Å²) in [5.74, 6) is -1.44. The van der Waals surface area contributed by atoms with Crippen LogP contribution in [-0.4, -0.2) is 35.1 Å². The van der Waals surface area contributed by atoms with E-state index in [9.17, 15) is 24.8 Å². The molecule has 0 aliphatic carbocycles. The first kappa shape index (κ1) is 20.3. The monoisotopic (exact) mass is 392 g/mol. The summed E-state index contributed by atoms with van der Waals surface area (Å²) in [6, 6.07) is 9.80. The van der Waals surface area contributed by atoms with Gasteiger partial charge in [-0.15, -0.1) is 0 Å². The molecule has 0 aromatic heterocycles. The first-order valence-electron chi connectivity index (χ1n) is 8.00. The van der Waals surface area contributed by atoms with Crippen LogP contribution >= 0.6 is 11.6 Å². The van der Waals surface area contributed by atoms with E-state index in [1.165, 1.54) is 6.07 Å². The van der Waals surface area contributed by atoms with Crippen molar-refractivity contribution < 1.29 is 24.4 Å². The van der Waals surface area contributed by atoms with E-state index in [-0.39, 0.29) is 24.3 Å². The fraction of sp³-hybridized carbons (Fsp3) is 0.222. The number of aliphatic hydroxyl groups is 1. The molecule has 1 unspecified atom stereocenters. The average Bonchev–Trinajstić information content (AvgIpc) is 2.65. The number of ether oxygens (including phenoxy) is 1. The molecular formula is C18H17ClN2O6. The third-order valence-corrected chi connectivity index (χ3v) is 3.83. The fourth-order valence-corrected chi connectivity index (χ4v) is 2.50. The molecule has 2 aromatic carbocycles. The first-order valence-corrected chi connectivity index (χ1v) is 8.38. The molecule has 27 heavy (non-hydrogen) atoms. The normalized spacial score (nSPS) is 11.5. The van der Waals surface area contributed by atoms with Gasteiger partial charge in [0.2, 0.25) is 0 Å². The summed E-state index contributed by atoms with van der Waals surface area (Å²) in [5, 5.41) is 24.1. The molecule has 2 rings (SSSR count). The van der Waals surface area contributed by atoms with Crippen molar-refractivity contribution in [2.75, 3.05) is 13.2 Å². The van der Waals surface area contributed by atoms with Gasteiger partial charge >= 0.3 is 5.97 Å². The number of carbonyl (C=O) groups excluding carboxylic acids is 2. The van der Waals surface area contributed by atoms with Gasteiger partial charge in [0.25, 0.3) is 11.6 Å². The number of esters is 1. The highest BCUT2D eigenvalue weighted by Crippen LogP contribution is 2.20. The number of nitro groups is 1. The van der Waals surface area contributed by atoms with Crippen molar-refractivity contribution in [2.24, 2.45) is 0 Å². The van der Waals surface area contributed by atoms with Gasteiger partial charge in [-0.05, 0) is 30.7 Å². The SMILES string of the molecule is CCOC(=O)c1cc(C(=O)NCC(O)c2cccc(Cl)c2)cc([N+](=O)[O-])c1. The second-order valence-electron chi connectivity index (χ2n) is 5.53. The van der Waals surface area contributed by atoms with E-state index in [2.05, 4.69) is 5.32 Å². The minimum absolute atomic E-state index is 0.0921. The van der Waals surface area contributed by atoms with Crippen molar-refractivity contribution in [1.29, 1.82) is 0 Å². The van der Waals surface area contributed by atoms with Crippen LogP contribution in [-0.2, 0) is 4.74 Å². The Morgan fingerprint density at radius 2 is 1.96 bits per heavy atom. The number of hydrogen-bond donors (Lipinski definition) is 2. The lowest BCUT2D eigenvalue weighted by molar-refractivity contribution is -0.384. The molecule has 9 heteroatoms. The molecular weight excluding hydrogens is 376 g/mol. The largest absolute Gasteiger partial charge is 0.462 e. The number of aliphatic hydroxyl groups excluding tert-OH is 1. The minimum Gasteiger partial charge on any atom is -0.462 e. The average molecular weight is 393 g/mol. The Morgan fingerprint density at radius 1 is 1.26 bits per heavy atom. The molecule has 0 saturated carbocycles. The molecule has 0 aliphatic rings. The number of nitrogens with one attached hydrogen (secondary N) is 1. The maximum Gasteiger partial charge on any atom is 0.338 e. The molecule has 0 heterocycles. The first-order chi connectivity index (χ1) is 12.8. The van der Waals surface area contributed by atoms with Crippen LogP contribution in [0.15, 0.2) is 42.5 Å². The highest BCUT2D eigenvalue weighted by Gasteiger charge is 2.19. The molecule has 0 spiro atoms. The Morgan fingerprint density at radius 3 is 2.59 bits per heavy atom. The van der Waals surface area contributed by atoms with Crippen LogP contribution in [0.1, 0.15) is 39.3 Å². The summed E-state index contributed by atoms with van der Waals surface area (Å²) in [5.41, 5.74) is -0.104. The number of benzene rings is 2. The van der Waals surface area contributed by atoms with Crippen LogP contribution < -0.4 is 5.32 Å². The van der Waals surface area contributed by atoms with E-state index in [4.69, 9.17) is 16.3 Å². The molecule has 0 fully saturated rings. The van der Waals surface area contributed by atoms with Crippen LogP contribution in [0.5, 0.6) is 0 Å². The number of halogens is 1. The number of nitro benzene ring substituents is 1. The number of rotatable bonds is 7. The third kappa shape index (κ3) is 5.50. The van der Waals surface area contributed by atoms with Crippen molar-refractivity contribution in [3.63, 3.8) is 0 Å². The van der Waals surface area contributed by atoms with Crippen molar-refractivity contribution in [2.45, 2.75) is 13.0 Å². The molecule has 0 radical (unpaired) electrons. The second kappa shape index (κ2) is 9.11. The number of carbonyl (C=O) groups is 2. The molecule has 1 atom stereocenters. The number of non-ortho nitro benzene ring substituents is 1. The Labute approximate surface area is 159 Å². The van der Waals surface area contributed by atoms with Crippen molar-refractivity contribution in [3.05, 3.63) is 74.3 Å². The zero-order valence-corrected chi connectivity index (χ0v) is 15.1. The summed E-state index contributed by atoms with van der Waals surface area (Å²) in [6.45, 7) is 1.55. The van der Waals surface area contributed by atoms with Gasteiger partial charge in [-0.25, -0.2) is 4.79 Å². The molecule has 2 aromatic rings. The van der Waals surface area contributed by atoms with E-state index in [0.29, 0.717) is 10.6 Å². The second-order valence-corrected chi connectivity index (χ2v) is 5.96. The molecule has 0 bridgehead atoms. The highest BCUT2D eigenvalue weighted by molar-refractivity contribution is 6.30. The fourth-order valence-electron chi connectivity index (χ4n) is 2.30. The van der Waals surface area contributed by atoms with Gasteiger partial charge in [0.1, 0.15) is 0 Å². The quantitative estimate of drug-likeness (QED) is 0.425. The Balaban J connectivity index is 2.17. The Bertz CT molecular complexity index is 871. The van der Waals surface area contributed by atoms with Gasteiger partial charge in [-0.2, -0.15) is 0 Å². The highest BCUT2D eigenvalue weighted by atomic mass is 35.5. The van der Waals surface area contributed by atoms with Gasteiger partial charge in [-0.3, -0.25) is 14.9 Å². The summed E-state index contributed by atoms with van der Waals surface area (Å²) in [6.07, 6.45) is -1.02. The smallest absolute Gasteiger partial charge is 0.338 e. The van der Waals surface area contributed by atoms with Crippen LogP contribution in [0.4, 0.5) is 5.69 Å². The van der Waals surface area contributed by atoms with E-state index in [1.54, 1.807) is 31.2 Å². The van der Waals surface area contributed by atoms with E-state index < -0.39 is 28.6 Å². The van der Waals surface area contributed by atoms with Crippen LogP contribution in [0.25, 0.3) is 0 Å². The number of hydrogen-bond acceptors (Lipinski definition) is 6. The van der Waals surface area contributed by atoms with E-state index in [0.717, 1.165) is 12.1 Å². The third-order valence-electron chi connectivity index (χ3n) is 3.59. The lowest BCUT2D eigenvalue weighted by Gasteiger charge is -2.13. The number of amides is 1. The van der Waals surface area contributed by atoms with Crippen molar-refractivity contribution >= 4 is 29.2 Å². The van der Waals surface area contributed by atoms with Crippen molar-refractivity contribution in [3.8, 4) is 0 Å². The predicted octanol–water partition coefficient (Wildman–Crippen LogP) is 2.89. The van der Waals surface area contributed by atoms with Gasteiger partial charge in [0.05, 0.1) is 23.2 Å². The molecule has 142 valence electrons. The van der Waals surface area contributed by atoms with Gasteiger partial charge < -0.3 is 15.2 Å². The Kier molecular flexibility index (Phi) is 6.86. The molecule has 0 saturated heterocycles. The predicted molar refractivity (Wildman–Crippen MR) is 97.8 cm³/mol. The summed E-state index contributed by atoms with van der Waals surface area (Å²) < 4.78 is 4.82. The molecule has 8 nitrogen and oxygen atoms in total. The van der Waals surface area contributed by atoms with Gasteiger partial charge in [0.15, 0.2) is 0 Å². The van der Waals surface area contributed by atoms with Crippen LogP contribution in [0.3, 0.4) is 0 Å². The summed E-state index contributed by atoms with van der Waals surface area (Å²) >= 11 is 5.86. The van der Waals surface area contributed by atoms with Gasteiger partial charge in [-0.1, -0.05) is 23.7 Å². The summed E-state index contributed by atoms with van der Waals surface area (Å²) in [7, 11) is 0. The van der Waals surface area contributed by atoms with Crippen molar-refractivity contribution in [1.82, 2.24) is 5.32 Å². The lowest BCUT2D eigenvalue weighted by Crippen LogP contribution is -2.28. The topological polar surface area (TPSA) is 119 Å². The number of nitrogens with zero attached hydrogens (tertiary/aromatic N) is 1. The molecule has 0 aliphatic heterocycles. The maximum absolute atomic E-state index is 12.3. The maximum atomic E-state index is 12.3. The van der Waals surface area contributed by atoms with Crippen LogP contribution in [0.2, 0.25) is 5.02 Å². The molecule has 1 amide bonds. The zero-order chi connectivity index (χ0) is 20.0. The zero-order valence-electron chi connectivity index (χ0n) is 14.3. The minimum atomic E-state index is -1.02. The van der Waals surface area contributed by atoms with Crippen LogP contribution in [0, 0.1) is 10.1 Å². The lowest BCUT2D eigenvalue weighted by atomic mass is 10.1. The Hall–Kier alpha value is -2.97. The molecule has 2 N–H and O–H groups in total. The van der Waals surface area contributed by atoms with E-state index >= 15 is 0 Å². The van der Waals surface area contributed by atoms with E-state index in [1.807, 2.05) is 0 Å². The standard InChI is InChI=1S/C18H17ClN2O6/c1-2-27-18(24)13-6-12(8-15(9-13)21(25)26)17(23)20-10-16(22)11-4-3-5-14(19)7-11/h3-9,16,22H,2,10H2,1H3,(H,20,23).